The average molecular weight is 266 g/mol. The van der Waals surface area contributed by atoms with Crippen LogP contribution in [0.25, 0.3) is 0 Å². The molecule has 0 fully saturated rings. The van der Waals surface area contributed by atoms with E-state index in [2.05, 4.69) is 5.16 Å². The molecule has 0 atom stereocenters. The Balaban J connectivity index is 2.92. The van der Waals surface area contributed by atoms with Gasteiger partial charge in [-0.1, -0.05) is 32.0 Å². The van der Waals surface area contributed by atoms with Crippen LogP contribution in [-0.4, -0.2) is 22.4 Å². The molecule has 0 unspecified atom stereocenters. The molecule has 0 radical (unpaired) electrons. The minimum atomic E-state index is -0.491. The molecule has 0 saturated carbocycles. The van der Waals surface area contributed by atoms with Crippen LogP contribution in [0.15, 0.2) is 23.4 Å². The lowest BCUT2D eigenvalue weighted by Crippen LogP contribution is -2.27. The fourth-order valence-electron chi connectivity index (χ4n) is 1.43. The molecule has 0 aromatic heterocycles. The Kier molecular flexibility index (Phi) is 4.47. The first kappa shape index (κ1) is 14.9. The second-order valence-corrected chi connectivity index (χ2v) is 5.31. The molecule has 104 valence electrons. The number of ether oxygens (including phenoxy) is 1. The Bertz CT molecular complexity index is 504. The maximum absolute atomic E-state index is 10.9. The van der Waals surface area contributed by atoms with Gasteiger partial charge in [-0.25, -0.2) is 0 Å². The Morgan fingerprint density at radius 1 is 1.47 bits per heavy atom. The molecule has 0 heterocycles. The van der Waals surface area contributed by atoms with Crippen LogP contribution in [0, 0.1) is 22.5 Å². The quantitative estimate of drug-likeness (QED) is 0.392. The van der Waals surface area contributed by atoms with Crippen LogP contribution >= 0.6 is 0 Å². The van der Waals surface area contributed by atoms with Gasteiger partial charge in [0.1, 0.15) is 6.61 Å². The highest BCUT2D eigenvalue weighted by atomic mass is 16.6. The smallest absolute Gasteiger partial charge is 0.311 e. The normalized spacial score (nSPS) is 12.3. The first-order valence-electron chi connectivity index (χ1n) is 5.85. The molecule has 0 aliphatic rings. The van der Waals surface area contributed by atoms with Crippen molar-refractivity contribution in [1.82, 2.24) is 0 Å². The number of benzene rings is 1. The number of nitrogens with zero attached hydrogens (tertiary/aromatic N) is 2. The van der Waals surface area contributed by atoms with E-state index >= 15 is 0 Å². The second-order valence-electron chi connectivity index (χ2n) is 5.31. The van der Waals surface area contributed by atoms with E-state index in [0.29, 0.717) is 5.71 Å². The van der Waals surface area contributed by atoms with Crippen molar-refractivity contribution in [1.29, 1.82) is 0 Å². The Labute approximate surface area is 111 Å². The van der Waals surface area contributed by atoms with Gasteiger partial charge in [-0.05, 0) is 18.6 Å². The van der Waals surface area contributed by atoms with Crippen LogP contribution in [0.2, 0.25) is 0 Å². The van der Waals surface area contributed by atoms with Crippen molar-refractivity contribution >= 4 is 11.4 Å². The van der Waals surface area contributed by atoms with Crippen molar-refractivity contribution in [3.8, 4) is 5.75 Å². The lowest BCUT2D eigenvalue weighted by Gasteiger charge is -2.19. The van der Waals surface area contributed by atoms with Crippen molar-refractivity contribution in [3.63, 3.8) is 0 Å². The van der Waals surface area contributed by atoms with Gasteiger partial charge in [-0.15, -0.1) is 0 Å². The highest BCUT2D eigenvalue weighted by Crippen LogP contribution is 2.28. The summed E-state index contributed by atoms with van der Waals surface area (Å²) in [5.74, 6) is 0.168. The van der Waals surface area contributed by atoms with Gasteiger partial charge in [0, 0.05) is 11.5 Å². The predicted molar refractivity (Wildman–Crippen MR) is 72.0 cm³/mol. The van der Waals surface area contributed by atoms with Gasteiger partial charge in [0.15, 0.2) is 5.75 Å². The minimum Gasteiger partial charge on any atom is -0.480 e. The van der Waals surface area contributed by atoms with Crippen molar-refractivity contribution in [2.45, 2.75) is 27.7 Å². The molecule has 19 heavy (non-hydrogen) atoms. The maximum Gasteiger partial charge on any atom is 0.311 e. The van der Waals surface area contributed by atoms with E-state index in [9.17, 15) is 10.1 Å². The summed E-state index contributed by atoms with van der Waals surface area (Å²) in [5.41, 5.74) is 0.744. The minimum absolute atomic E-state index is 0.00387. The molecule has 0 bridgehead atoms. The monoisotopic (exact) mass is 266 g/mol. The van der Waals surface area contributed by atoms with Crippen LogP contribution in [-0.2, 0) is 0 Å². The summed E-state index contributed by atoms with van der Waals surface area (Å²) < 4.78 is 5.40. The third kappa shape index (κ3) is 3.94. The zero-order valence-electron chi connectivity index (χ0n) is 11.5. The zero-order chi connectivity index (χ0) is 14.6. The van der Waals surface area contributed by atoms with Crippen molar-refractivity contribution < 1.29 is 14.9 Å². The van der Waals surface area contributed by atoms with Gasteiger partial charge >= 0.3 is 5.69 Å². The number of oxime groups is 1. The van der Waals surface area contributed by atoms with Gasteiger partial charge in [-0.3, -0.25) is 10.1 Å². The summed E-state index contributed by atoms with van der Waals surface area (Å²) in [4.78, 5) is 10.4. The van der Waals surface area contributed by atoms with Crippen molar-refractivity contribution in [3.05, 3.63) is 33.9 Å². The van der Waals surface area contributed by atoms with E-state index < -0.39 is 4.92 Å². The van der Waals surface area contributed by atoms with Crippen LogP contribution in [0.4, 0.5) is 5.69 Å². The number of nitro groups is 1. The third-order valence-electron chi connectivity index (χ3n) is 2.66. The Morgan fingerprint density at radius 3 is 2.58 bits per heavy atom. The SMILES string of the molecule is Cc1ccc(OC/C(=N/O)C(C)(C)C)c([N+](=O)[O-])c1. The van der Waals surface area contributed by atoms with Crippen LogP contribution < -0.4 is 4.74 Å². The molecule has 1 rings (SSSR count). The first-order chi connectivity index (χ1) is 8.75. The summed E-state index contributed by atoms with van der Waals surface area (Å²) >= 11 is 0. The number of nitro benzene ring substituents is 1. The maximum atomic E-state index is 10.9. The molecule has 1 N–H and O–H groups in total. The molecular formula is C13H18N2O4. The topological polar surface area (TPSA) is 85.0 Å². The molecule has 0 spiro atoms. The van der Waals surface area contributed by atoms with E-state index in [4.69, 9.17) is 9.94 Å². The summed E-state index contributed by atoms with van der Waals surface area (Å²) in [6, 6.07) is 4.72. The molecular weight excluding hydrogens is 248 g/mol. The second kappa shape index (κ2) is 5.69. The van der Waals surface area contributed by atoms with Gasteiger partial charge < -0.3 is 9.94 Å². The van der Waals surface area contributed by atoms with E-state index in [1.807, 2.05) is 20.8 Å². The summed E-state index contributed by atoms with van der Waals surface area (Å²) in [6.07, 6.45) is 0. The van der Waals surface area contributed by atoms with Crippen LogP contribution in [0.3, 0.4) is 0 Å². The van der Waals surface area contributed by atoms with E-state index in [-0.39, 0.29) is 23.5 Å². The number of hydrogen-bond acceptors (Lipinski definition) is 5. The molecule has 0 aliphatic carbocycles. The standard InChI is InChI=1S/C13H18N2O4/c1-9-5-6-11(10(7-9)15(17)18)19-8-12(14-16)13(2,3)4/h5-7,16H,8H2,1-4H3/b14-12-. The molecule has 6 heteroatoms. The molecule has 6 nitrogen and oxygen atoms in total. The third-order valence-corrected chi connectivity index (χ3v) is 2.66. The summed E-state index contributed by atoms with van der Waals surface area (Å²) in [7, 11) is 0. The van der Waals surface area contributed by atoms with E-state index in [1.165, 1.54) is 6.07 Å². The van der Waals surface area contributed by atoms with Gasteiger partial charge in [0.2, 0.25) is 0 Å². The zero-order valence-corrected chi connectivity index (χ0v) is 11.5. The lowest BCUT2D eigenvalue weighted by atomic mass is 9.90. The highest BCUT2D eigenvalue weighted by molar-refractivity contribution is 5.90. The molecule has 1 aromatic carbocycles. The molecule has 0 amide bonds. The largest absolute Gasteiger partial charge is 0.480 e. The van der Waals surface area contributed by atoms with Crippen molar-refractivity contribution in [2.75, 3.05) is 6.61 Å². The van der Waals surface area contributed by atoms with Gasteiger partial charge in [0.25, 0.3) is 0 Å². The van der Waals surface area contributed by atoms with E-state index in [1.54, 1.807) is 19.1 Å². The fraction of sp³-hybridized carbons (Fsp3) is 0.462. The number of aryl methyl sites for hydroxylation is 1. The number of hydrogen-bond donors (Lipinski definition) is 1. The Morgan fingerprint density at radius 2 is 2.11 bits per heavy atom. The summed E-state index contributed by atoms with van der Waals surface area (Å²) in [5, 5.41) is 23.1. The van der Waals surface area contributed by atoms with Crippen molar-refractivity contribution in [2.24, 2.45) is 10.6 Å². The fourth-order valence-corrected chi connectivity index (χ4v) is 1.43. The molecule has 0 saturated heterocycles. The van der Waals surface area contributed by atoms with Crippen LogP contribution in [0.1, 0.15) is 26.3 Å². The predicted octanol–water partition coefficient (Wildman–Crippen LogP) is 3.16. The first-order valence-corrected chi connectivity index (χ1v) is 5.85. The highest BCUT2D eigenvalue weighted by Gasteiger charge is 2.22. The average Bonchev–Trinajstić information content (AvgIpc) is 2.29. The van der Waals surface area contributed by atoms with Gasteiger partial charge in [-0.2, -0.15) is 0 Å². The lowest BCUT2D eigenvalue weighted by molar-refractivity contribution is -0.385. The summed E-state index contributed by atoms with van der Waals surface area (Å²) in [6.45, 7) is 7.38. The number of rotatable bonds is 4. The Hall–Kier alpha value is -2.11. The van der Waals surface area contributed by atoms with Crippen LogP contribution in [0.5, 0.6) is 5.75 Å². The molecule has 1 aromatic rings. The van der Waals surface area contributed by atoms with E-state index in [0.717, 1.165) is 5.56 Å². The van der Waals surface area contributed by atoms with Gasteiger partial charge in [0.05, 0.1) is 10.6 Å². The molecule has 0 aliphatic heterocycles.